The van der Waals surface area contributed by atoms with Crippen molar-refractivity contribution >= 4 is 5.82 Å². The van der Waals surface area contributed by atoms with Gasteiger partial charge in [0.1, 0.15) is 24.3 Å². The minimum Gasteiger partial charge on any atom is -0.356 e. The van der Waals surface area contributed by atoms with Gasteiger partial charge in [-0.15, -0.1) is 10.2 Å². The van der Waals surface area contributed by atoms with Crippen LogP contribution < -0.4 is 4.90 Å². The summed E-state index contributed by atoms with van der Waals surface area (Å²) in [6, 6.07) is 0. The Morgan fingerprint density at radius 1 is 1.25 bits per heavy atom. The van der Waals surface area contributed by atoms with Gasteiger partial charge >= 0.3 is 0 Å². The third-order valence-electron chi connectivity index (χ3n) is 5.34. The maximum Gasteiger partial charge on any atom is 0.137 e. The quantitative estimate of drug-likeness (QED) is 0.848. The van der Waals surface area contributed by atoms with Crippen LogP contribution in [0, 0.1) is 0 Å². The van der Waals surface area contributed by atoms with Gasteiger partial charge in [-0.25, -0.2) is 9.97 Å². The lowest BCUT2D eigenvalue weighted by molar-refractivity contribution is 0.265. The number of piperidine rings is 1. The van der Waals surface area contributed by atoms with Gasteiger partial charge in [-0.1, -0.05) is 6.92 Å². The lowest BCUT2D eigenvalue weighted by Gasteiger charge is -2.36. The average molecular weight is 327 g/mol. The highest BCUT2D eigenvalue weighted by Crippen LogP contribution is 2.31. The van der Waals surface area contributed by atoms with Crippen LogP contribution in [0.4, 0.5) is 5.82 Å². The second kappa shape index (κ2) is 6.47. The number of rotatable bonds is 3. The molecule has 0 N–H and O–H groups in total. The molecule has 1 atom stereocenters. The van der Waals surface area contributed by atoms with Crippen LogP contribution in [0.25, 0.3) is 0 Å². The van der Waals surface area contributed by atoms with E-state index in [1.807, 2.05) is 11.6 Å². The SMILES string of the molecule is CCN1CCc2ncnc(N3CCC[C@@H](c4nncn4C)C3)c2C1. The maximum absolute atomic E-state index is 4.67. The number of nitrogens with zero attached hydrogens (tertiary/aromatic N) is 7. The number of aryl methyl sites for hydroxylation is 1. The highest BCUT2D eigenvalue weighted by molar-refractivity contribution is 5.50. The summed E-state index contributed by atoms with van der Waals surface area (Å²) >= 11 is 0. The summed E-state index contributed by atoms with van der Waals surface area (Å²) in [7, 11) is 2.03. The van der Waals surface area contributed by atoms with Crippen LogP contribution in [0.5, 0.6) is 0 Å². The molecule has 24 heavy (non-hydrogen) atoms. The van der Waals surface area contributed by atoms with Gasteiger partial charge < -0.3 is 9.47 Å². The number of fused-ring (bicyclic) bond motifs is 1. The first-order valence-corrected chi connectivity index (χ1v) is 8.90. The first-order chi connectivity index (χ1) is 11.8. The van der Waals surface area contributed by atoms with Crippen LogP contribution in [-0.4, -0.2) is 55.8 Å². The zero-order valence-electron chi connectivity index (χ0n) is 14.5. The third-order valence-corrected chi connectivity index (χ3v) is 5.34. The van der Waals surface area contributed by atoms with Gasteiger partial charge in [-0.3, -0.25) is 4.90 Å². The second-order valence-corrected chi connectivity index (χ2v) is 6.83. The van der Waals surface area contributed by atoms with Crippen LogP contribution in [0.1, 0.15) is 42.8 Å². The summed E-state index contributed by atoms with van der Waals surface area (Å²) in [5, 5.41) is 8.37. The van der Waals surface area contributed by atoms with Crippen LogP contribution in [0.15, 0.2) is 12.7 Å². The lowest BCUT2D eigenvalue weighted by Crippen LogP contribution is -2.38. The van der Waals surface area contributed by atoms with Gasteiger partial charge in [-0.2, -0.15) is 0 Å². The van der Waals surface area contributed by atoms with Crippen LogP contribution >= 0.6 is 0 Å². The summed E-state index contributed by atoms with van der Waals surface area (Å²) in [6.07, 6.45) is 6.88. The zero-order chi connectivity index (χ0) is 16.5. The Morgan fingerprint density at radius 3 is 2.96 bits per heavy atom. The highest BCUT2D eigenvalue weighted by Gasteiger charge is 2.29. The molecule has 2 aromatic rings. The first kappa shape index (κ1) is 15.5. The van der Waals surface area contributed by atoms with E-state index < -0.39 is 0 Å². The summed E-state index contributed by atoms with van der Waals surface area (Å²) in [6.45, 7) is 7.38. The fraction of sp³-hybridized carbons (Fsp3) is 0.647. The molecule has 0 aliphatic carbocycles. The van der Waals surface area contributed by atoms with Crippen molar-refractivity contribution in [3.05, 3.63) is 29.7 Å². The largest absolute Gasteiger partial charge is 0.356 e. The van der Waals surface area contributed by atoms with E-state index in [0.717, 1.165) is 63.6 Å². The number of hydrogen-bond acceptors (Lipinski definition) is 6. The summed E-state index contributed by atoms with van der Waals surface area (Å²) in [5.74, 6) is 2.63. The number of anilines is 1. The second-order valence-electron chi connectivity index (χ2n) is 6.83. The number of likely N-dealkylation sites (N-methyl/N-ethyl adjacent to an activating group) is 1. The fourth-order valence-corrected chi connectivity index (χ4v) is 3.97. The van der Waals surface area contributed by atoms with Crippen LogP contribution in [0.2, 0.25) is 0 Å². The topological polar surface area (TPSA) is 63.0 Å². The molecule has 0 unspecified atom stereocenters. The molecule has 0 aromatic carbocycles. The monoisotopic (exact) mass is 327 g/mol. The molecule has 4 heterocycles. The van der Waals surface area contributed by atoms with E-state index in [9.17, 15) is 0 Å². The molecule has 1 fully saturated rings. The van der Waals surface area contributed by atoms with E-state index in [4.69, 9.17) is 0 Å². The molecule has 0 spiro atoms. The predicted molar refractivity (Wildman–Crippen MR) is 91.9 cm³/mol. The van der Waals surface area contributed by atoms with Crippen molar-refractivity contribution in [3.63, 3.8) is 0 Å². The lowest BCUT2D eigenvalue weighted by atomic mass is 9.96. The Bertz CT molecular complexity index is 711. The maximum atomic E-state index is 4.67. The predicted octanol–water partition coefficient (Wildman–Crippen LogP) is 1.37. The molecule has 0 bridgehead atoms. The summed E-state index contributed by atoms with van der Waals surface area (Å²) < 4.78 is 2.04. The van der Waals surface area contributed by atoms with Gasteiger partial charge in [0.05, 0.1) is 5.69 Å². The van der Waals surface area contributed by atoms with Gasteiger partial charge in [-0.05, 0) is 19.4 Å². The van der Waals surface area contributed by atoms with Crippen molar-refractivity contribution in [3.8, 4) is 0 Å². The van der Waals surface area contributed by atoms with E-state index in [1.54, 1.807) is 12.7 Å². The Kier molecular flexibility index (Phi) is 4.18. The fourth-order valence-electron chi connectivity index (χ4n) is 3.97. The highest BCUT2D eigenvalue weighted by atomic mass is 15.3. The van der Waals surface area contributed by atoms with Crippen LogP contribution in [-0.2, 0) is 20.0 Å². The van der Waals surface area contributed by atoms with Gasteiger partial charge in [0, 0.05) is 51.1 Å². The molecular weight excluding hydrogens is 302 g/mol. The standard InChI is InChI=1S/C17H25N7/c1-3-23-8-6-15-14(10-23)17(19-11-18-15)24-7-4-5-13(9-24)16-21-20-12-22(16)2/h11-13H,3-10H2,1-2H3/t13-/m1/s1. The van der Waals surface area contributed by atoms with Crippen molar-refractivity contribution < 1.29 is 0 Å². The Morgan fingerprint density at radius 2 is 2.17 bits per heavy atom. The van der Waals surface area contributed by atoms with Crippen molar-refractivity contribution in [2.75, 3.05) is 31.1 Å². The zero-order valence-corrected chi connectivity index (χ0v) is 14.5. The molecule has 0 radical (unpaired) electrons. The smallest absolute Gasteiger partial charge is 0.137 e. The van der Waals surface area contributed by atoms with E-state index in [-0.39, 0.29) is 0 Å². The van der Waals surface area contributed by atoms with Crippen molar-refractivity contribution in [2.24, 2.45) is 7.05 Å². The van der Waals surface area contributed by atoms with E-state index in [1.165, 1.54) is 11.3 Å². The van der Waals surface area contributed by atoms with Gasteiger partial charge in [0.15, 0.2) is 0 Å². The molecular formula is C17H25N7. The molecule has 4 rings (SSSR count). The van der Waals surface area contributed by atoms with E-state index >= 15 is 0 Å². The van der Waals surface area contributed by atoms with E-state index in [2.05, 4.69) is 36.9 Å². The van der Waals surface area contributed by atoms with Crippen LogP contribution in [0.3, 0.4) is 0 Å². The van der Waals surface area contributed by atoms with Gasteiger partial charge in [0.2, 0.25) is 0 Å². The number of hydrogen-bond donors (Lipinski definition) is 0. The minimum atomic E-state index is 0.419. The minimum absolute atomic E-state index is 0.419. The molecule has 7 nitrogen and oxygen atoms in total. The molecule has 2 aliphatic rings. The molecule has 0 amide bonds. The summed E-state index contributed by atoms with van der Waals surface area (Å²) in [4.78, 5) is 14.1. The molecule has 1 saturated heterocycles. The molecule has 0 saturated carbocycles. The number of aromatic nitrogens is 5. The Hall–Kier alpha value is -2.02. The third kappa shape index (κ3) is 2.77. The first-order valence-electron chi connectivity index (χ1n) is 8.90. The summed E-state index contributed by atoms with van der Waals surface area (Å²) in [5.41, 5.74) is 2.55. The molecule has 2 aliphatic heterocycles. The normalized spacial score (nSPS) is 21.8. The molecule has 2 aromatic heterocycles. The Balaban J connectivity index is 1.61. The molecule has 7 heteroatoms. The molecule has 128 valence electrons. The Labute approximate surface area is 142 Å². The van der Waals surface area contributed by atoms with Gasteiger partial charge in [0.25, 0.3) is 0 Å². The van der Waals surface area contributed by atoms with Crippen molar-refractivity contribution in [2.45, 2.75) is 38.6 Å². The van der Waals surface area contributed by atoms with Crippen molar-refractivity contribution in [1.82, 2.24) is 29.6 Å². The van der Waals surface area contributed by atoms with E-state index in [0.29, 0.717) is 5.92 Å². The van der Waals surface area contributed by atoms with Crippen molar-refractivity contribution in [1.29, 1.82) is 0 Å². The average Bonchev–Trinajstić information content (AvgIpc) is 3.07.